The van der Waals surface area contributed by atoms with Gasteiger partial charge in [-0.25, -0.2) is 4.98 Å². The summed E-state index contributed by atoms with van der Waals surface area (Å²) in [6.07, 6.45) is 1.74. The van der Waals surface area contributed by atoms with Crippen molar-refractivity contribution in [2.75, 3.05) is 0 Å². The van der Waals surface area contributed by atoms with Gasteiger partial charge in [0.2, 0.25) is 5.88 Å². The predicted molar refractivity (Wildman–Crippen MR) is 109 cm³/mol. The van der Waals surface area contributed by atoms with E-state index >= 15 is 0 Å². The minimum Gasteiger partial charge on any atom is -0.492 e. The molecule has 1 aromatic heterocycles. The average Bonchev–Trinajstić information content (AvgIpc) is 2.57. The maximum atomic E-state index is 6.28. The Morgan fingerprint density at radius 2 is 1.57 bits per heavy atom. The first-order valence-corrected chi connectivity index (χ1v) is 8.26. The van der Waals surface area contributed by atoms with E-state index in [-0.39, 0.29) is 21.7 Å². The van der Waals surface area contributed by atoms with Crippen molar-refractivity contribution in [3.05, 3.63) is 18.3 Å². The highest BCUT2D eigenvalue weighted by Crippen LogP contribution is 2.37. The summed E-state index contributed by atoms with van der Waals surface area (Å²) in [6.45, 7) is 8.18. The Balaban J connectivity index is 2.33. The Hall–Kier alpha value is -0.740. The van der Waals surface area contributed by atoms with Gasteiger partial charge < -0.3 is 14.0 Å². The van der Waals surface area contributed by atoms with Crippen LogP contribution < -0.4 is 10.2 Å². The molecule has 2 rings (SSSR count). The van der Waals surface area contributed by atoms with E-state index < -0.39 is 7.12 Å². The highest BCUT2D eigenvalue weighted by molar-refractivity contribution is 6.67. The van der Waals surface area contributed by atoms with Crippen LogP contribution in [0.15, 0.2) is 18.3 Å². The molecule has 1 aliphatic rings. The molecule has 0 atom stereocenters. The highest BCUT2D eigenvalue weighted by Gasteiger charge is 2.53. The smallest absolute Gasteiger partial charge is 0.492 e. The van der Waals surface area contributed by atoms with Crippen LogP contribution in [-0.2, 0) is 9.31 Å². The van der Waals surface area contributed by atoms with Crippen LogP contribution in [0.4, 0.5) is 0 Å². The molecule has 1 saturated heterocycles. The predicted octanol–water partition coefficient (Wildman–Crippen LogP) is -3.35. The molecule has 2 heterocycles. The monoisotopic (exact) mass is 309 g/mol. The summed E-state index contributed by atoms with van der Waals surface area (Å²) in [5, 5.41) is -0.405. The van der Waals surface area contributed by atoms with Crippen molar-refractivity contribution < 1.29 is 14.0 Å². The third-order valence-electron chi connectivity index (χ3n) is 5.47. The Morgan fingerprint density at radius 3 is 2.04 bits per heavy atom. The van der Waals surface area contributed by atoms with E-state index in [1.807, 2.05) is 39.8 Å². The largest absolute Gasteiger partial charge is 0.500 e. The van der Waals surface area contributed by atoms with Gasteiger partial charge in [0.1, 0.15) is 15.7 Å². The van der Waals surface area contributed by atoms with Crippen LogP contribution in [0.2, 0.25) is 5.11 Å². The van der Waals surface area contributed by atoms with Gasteiger partial charge >= 0.3 is 7.12 Å². The molecule has 10 heteroatoms. The van der Waals surface area contributed by atoms with Crippen LogP contribution in [0.1, 0.15) is 27.7 Å². The zero-order valence-electron chi connectivity index (χ0n) is 16.0. The first-order valence-electron chi connectivity index (χ1n) is 8.26. The summed E-state index contributed by atoms with van der Waals surface area (Å²) in [5.74, 6) is 0.575. The van der Waals surface area contributed by atoms with E-state index in [2.05, 4.69) is 44.2 Å². The first-order chi connectivity index (χ1) is 10.3. The van der Waals surface area contributed by atoms with E-state index in [0.717, 1.165) is 5.46 Å². The van der Waals surface area contributed by atoms with Crippen molar-refractivity contribution in [3.8, 4) is 5.88 Å². The number of pyridine rings is 1. The first kappa shape index (κ1) is 18.6. The van der Waals surface area contributed by atoms with E-state index in [9.17, 15) is 0 Å². The lowest BCUT2D eigenvalue weighted by molar-refractivity contribution is 0.00578. The molecule has 0 saturated carbocycles. The topological polar surface area (TPSA) is 40.6 Å². The van der Waals surface area contributed by atoms with Crippen LogP contribution in [0, 0.1) is 0 Å². The third-order valence-corrected chi connectivity index (χ3v) is 5.47. The number of hydrogen-bond donors (Lipinski definition) is 0. The van der Waals surface area contributed by atoms with Crippen LogP contribution in [-0.4, -0.2) is 67.9 Å². The maximum Gasteiger partial charge on any atom is 0.500 e. The number of aromatic nitrogens is 1. The summed E-state index contributed by atoms with van der Waals surface area (Å²) < 4.78 is 18.6. The zero-order valence-corrected chi connectivity index (χ0v) is 16.0. The lowest BCUT2D eigenvalue weighted by Gasteiger charge is -2.40. The van der Waals surface area contributed by atoms with Gasteiger partial charge in [0, 0.05) is 17.1 Å². The summed E-state index contributed by atoms with van der Waals surface area (Å²) in [4.78, 5) is 4.44. The van der Waals surface area contributed by atoms with E-state index in [1.165, 1.54) is 0 Å². The molecular weight excluding hydrogens is 283 g/mol. The molecule has 0 spiro atoms. The van der Waals surface area contributed by atoms with Crippen molar-refractivity contribution in [3.63, 3.8) is 0 Å². The highest BCUT2D eigenvalue weighted by atomic mass is 16.7. The molecule has 0 bridgehead atoms. The molecule has 0 aromatic carbocycles. The van der Waals surface area contributed by atoms with Crippen molar-refractivity contribution in [1.29, 1.82) is 0 Å². The van der Waals surface area contributed by atoms with Crippen molar-refractivity contribution in [2.24, 2.45) is 0 Å². The van der Waals surface area contributed by atoms with E-state index in [4.69, 9.17) is 14.0 Å². The van der Waals surface area contributed by atoms with Gasteiger partial charge in [-0.1, -0.05) is 11.2 Å². The van der Waals surface area contributed by atoms with Crippen molar-refractivity contribution >= 4 is 51.8 Å². The summed E-state index contributed by atoms with van der Waals surface area (Å²) >= 11 is 0. The van der Waals surface area contributed by atoms with Gasteiger partial charge in [-0.05, 0) is 33.8 Å². The molecule has 23 heavy (non-hydrogen) atoms. The zero-order chi connectivity index (χ0) is 17.7. The standard InChI is InChI=1S/C13H25B6NO3/c1-10(2)11(3,4)23-19(22-10)8-6-5-7-20-9(8)21-13(17,18)12(14,15)16/h5-7H,14-18H2,1-4H3. The molecule has 0 amide bonds. The van der Waals surface area contributed by atoms with Gasteiger partial charge in [0.25, 0.3) is 0 Å². The fraction of sp³-hybridized carbons (Fsp3) is 0.615. The summed E-state index contributed by atoms with van der Waals surface area (Å²) in [5.41, 5.74) is 0.0674. The van der Waals surface area contributed by atoms with Crippen molar-refractivity contribution in [1.82, 2.24) is 4.98 Å². The maximum absolute atomic E-state index is 6.28. The minimum absolute atomic E-state index is 0.0300. The lowest BCUT2D eigenvalue weighted by atomic mass is 9.28. The summed E-state index contributed by atoms with van der Waals surface area (Å²) in [6, 6.07) is 3.85. The van der Waals surface area contributed by atoms with Gasteiger partial charge in [-0.3, -0.25) is 0 Å². The number of hydrogen-bond acceptors (Lipinski definition) is 4. The van der Waals surface area contributed by atoms with Crippen LogP contribution in [0.3, 0.4) is 0 Å². The van der Waals surface area contributed by atoms with Crippen LogP contribution >= 0.6 is 0 Å². The molecule has 118 valence electrons. The fourth-order valence-corrected chi connectivity index (χ4v) is 2.03. The van der Waals surface area contributed by atoms with Crippen LogP contribution in [0.25, 0.3) is 0 Å². The molecule has 1 aliphatic heterocycles. The lowest BCUT2D eigenvalue weighted by Crippen LogP contribution is -2.52. The Kier molecular flexibility index (Phi) is 4.58. The molecule has 1 aromatic rings. The van der Waals surface area contributed by atoms with E-state index in [0.29, 0.717) is 5.88 Å². The molecule has 0 aliphatic carbocycles. The molecule has 0 unspecified atom stereocenters. The van der Waals surface area contributed by atoms with Crippen LogP contribution in [0.5, 0.6) is 5.88 Å². The van der Waals surface area contributed by atoms with Gasteiger partial charge in [0.05, 0.1) is 34.7 Å². The Bertz CT molecular complexity index is 571. The average molecular weight is 308 g/mol. The molecule has 1 fully saturated rings. The Labute approximate surface area is 145 Å². The number of ether oxygens (including phenoxy) is 1. The second kappa shape index (κ2) is 5.66. The SMILES string of the molecule is BC(B)(B)C(B)(B)Oc1ncccc1B1OC(C)(C)C(C)(C)O1. The van der Waals surface area contributed by atoms with Gasteiger partial charge in [-0.15, -0.1) is 0 Å². The quantitative estimate of drug-likeness (QED) is 0.545. The van der Waals surface area contributed by atoms with Gasteiger partial charge in [-0.2, -0.15) is 0 Å². The van der Waals surface area contributed by atoms with Crippen molar-refractivity contribution in [2.45, 2.75) is 49.4 Å². The second-order valence-electron chi connectivity index (χ2n) is 8.85. The fourth-order valence-electron chi connectivity index (χ4n) is 2.03. The van der Waals surface area contributed by atoms with Gasteiger partial charge in [0.15, 0.2) is 0 Å². The molecule has 0 N–H and O–H groups in total. The molecule has 0 radical (unpaired) electrons. The van der Waals surface area contributed by atoms with E-state index in [1.54, 1.807) is 6.20 Å². The number of nitrogens with zero attached hydrogens (tertiary/aromatic N) is 1. The summed E-state index contributed by atoms with van der Waals surface area (Å²) in [7, 11) is 10.2. The molecular formula is C13H25B6NO3. The Morgan fingerprint density at radius 1 is 1.04 bits per heavy atom. The second-order valence-corrected chi connectivity index (χ2v) is 8.85. The normalized spacial score (nSPS) is 20.4. The number of rotatable bonds is 4. The third kappa shape index (κ3) is 3.53. The molecule has 4 nitrogen and oxygen atoms in total. The minimum atomic E-state index is -0.473.